The maximum Gasteiger partial charge on any atom is 0.235 e. The van der Waals surface area contributed by atoms with E-state index in [1.165, 1.54) is 0 Å². The van der Waals surface area contributed by atoms with Crippen LogP contribution in [0.3, 0.4) is 0 Å². The number of methoxy groups -OCH3 is 1. The molecule has 0 aromatic heterocycles. The Hall–Kier alpha value is -0.710. The predicted molar refractivity (Wildman–Crippen MR) is 83.4 cm³/mol. The van der Waals surface area contributed by atoms with Gasteiger partial charge < -0.3 is 9.64 Å². The summed E-state index contributed by atoms with van der Waals surface area (Å²) in [5.74, 6) is 0.208. The molecular formula is C15H20ClNO2S. The summed E-state index contributed by atoms with van der Waals surface area (Å²) in [6.45, 7) is 3.55. The molecule has 1 fully saturated rings. The summed E-state index contributed by atoms with van der Waals surface area (Å²) in [5.41, 5.74) is 0. The fourth-order valence-corrected chi connectivity index (χ4v) is 3.41. The van der Waals surface area contributed by atoms with Crippen molar-refractivity contribution >= 4 is 29.3 Å². The van der Waals surface area contributed by atoms with E-state index in [4.69, 9.17) is 16.3 Å². The quantitative estimate of drug-likeness (QED) is 0.797. The molecule has 1 aromatic carbocycles. The van der Waals surface area contributed by atoms with Crippen LogP contribution in [0.15, 0.2) is 29.2 Å². The van der Waals surface area contributed by atoms with Crippen LogP contribution >= 0.6 is 23.4 Å². The van der Waals surface area contributed by atoms with Gasteiger partial charge in [-0.2, -0.15) is 0 Å². The van der Waals surface area contributed by atoms with Gasteiger partial charge in [0.05, 0.1) is 11.4 Å². The molecule has 0 spiro atoms. The van der Waals surface area contributed by atoms with Crippen molar-refractivity contribution in [2.24, 2.45) is 0 Å². The Balaban J connectivity index is 1.87. The van der Waals surface area contributed by atoms with Crippen LogP contribution in [-0.2, 0) is 9.53 Å². The summed E-state index contributed by atoms with van der Waals surface area (Å²) in [4.78, 5) is 15.4. The van der Waals surface area contributed by atoms with Gasteiger partial charge in [-0.3, -0.25) is 4.79 Å². The molecular weight excluding hydrogens is 294 g/mol. The Labute approximate surface area is 129 Å². The molecule has 2 rings (SSSR count). The van der Waals surface area contributed by atoms with Crippen molar-refractivity contribution in [1.29, 1.82) is 0 Å². The Morgan fingerprint density at radius 1 is 1.35 bits per heavy atom. The van der Waals surface area contributed by atoms with Crippen LogP contribution in [0.25, 0.3) is 0 Å². The molecule has 1 heterocycles. The van der Waals surface area contributed by atoms with Crippen molar-refractivity contribution in [1.82, 2.24) is 4.90 Å². The summed E-state index contributed by atoms with van der Waals surface area (Å²) in [5, 5.41) is 0.644. The summed E-state index contributed by atoms with van der Waals surface area (Å²) in [6, 6.07) is 7.61. The average molecular weight is 314 g/mol. The number of nitrogens with zero attached hydrogens (tertiary/aromatic N) is 1. The van der Waals surface area contributed by atoms with Crippen molar-refractivity contribution in [3.8, 4) is 0 Å². The van der Waals surface area contributed by atoms with Gasteiger partial charge in [0, 0.05) is 30.1 Å². The summed E-state index contributed by atoms with van der Waals surface area (Å²) < 4.78 is 5.33. The molecule has 1 aromatic rings. The van der Waals surface area contributed by atoms with Crippen LogP contribution in [0.1, 0.15) is 19.8 Å². The largest absolute Gasteiger partial charge is 0.381 e. The minimum absolute atomic E-state index is 0.0738. The molecule has 0 radical (unpaired) electrons. The van der Waals surface area contributed by atoms with Crippen molar-refractivity contribution in [2.75, 3.05) is 20.2 Å². The van der Waals surface area contributed by atoms with E-state index < -0.39 is 0 Å². The van der Waals surface area contributed by atoms with E-state index >= 15 is 0 Å². The number of amides is 1. The number of halogens is 1. The van der Waals surface area contributed by atoms with Gasteiger partial charge in [0.15, 0.2) is 0 Å². The Bertz CT molecular complexity index is 444. The van der Waals surface area contributed by atoms with Crippen LogP contribution in [-0.4, -0.2) is 42.4 Å². The normalized spacial score (nSPS) is 18.1. The SMILES string of the molecule is COC1CCN(C(=O)C(C)Sc2ccc(Cl)cc2)CC1. The summed E-state index contributed by atoms with van der Waals surface area (Å²) in [6.07, 6.45) is 2.17. The second-order valence-corrected chi connectivity index (χ2v) is 6.82. The highest BCUT2D eigenvalue weighted by atomic mass is 35.5. The third kappa shape index (κ3) is 4.14. The molecule has 1 aliphatic heterocycles. The van der Waals surface area contributed by atoms with E-state index in [0.29, 0.717) is 6.10 Å². The van der Waals surface area contributed by atoms with Crippen LogP contribution < -0.4 is 0 Å². The highest BCUT2D eigenvalue weighted by Crippen LogP contribution is 2.26. The molecule has 1 saturated heterocycles. The zero-order chi connectivity index (χ0) is 14.5. The number of thioether (sulfide) groups is 1. The Morgan fingerprint density at radius 3 is 2.50 bits per heavy atom. The lowest BCUT2D eigenvalue weighted by Crippen LogP contribution is -2.43. The van der Waals surface area contributed by atoms with E-state index in [2.05, 4.69) is 0 Å². The first kappa shape index (κ1) is 15.7. The molecule has 1 amide bonds. The van der Waals surface area contributed by atoms with Gasteiger partial charge in [-0.15, -0.1) is 11.8 Å². The number of carbonyl (C=O) groups is 1. The van der Waals surface area contributed by atoms with Crippen molar-refractivity contribution in [2.45, 2.75) is 36.0 Å². The molecule has 110 valence electrons. The molecule has 1 aliphatic rings. The van der Waals surface area contributed by atoms with E-state index in [1.54, 1.807) is 18.9 Å². The molecule has 0 aliphatic carbocycles. The highest BCUT2D eigenvalue weighted by Gasteiger charge is 2.26. The van der Waals surface area contributed by atoms with Gasteiger partial charge in [0.25, 0.3) is 0 Å². The molecule has 5 heteroatoms. The van der Waals surface area contributed by atoms with E-state index in [1.807, 2.05) is 36.1 Å². The highest BCUT2D eigenvalue weighted by molar-refractivity contribution is 8.00. The minimum Gasteiger partial charge on any atom is -0.381 e. The third-order valence-electron chi connectivity index (χ3n) is 3.56. The zero-order valence-electron chi connectivity index (χ0n) is 11.8. The Morgan fingerprint density at radius 2 is 1.95 bits per heavy atom. The molecule has 3 nitrogen and oxygen atoms in total. The first-order valence-corrected chi connectivity index (χ1v) is 8.09. The standard InChI is InChI=1S/C15H20ClNO2S/c1-11(20-14-5-3-12(16)4-6-14)15(18)17-9-7-13(19-2)8-10-17/h3-6,11,13H,7-10H2,1-2H3. The number of piperidine rings is 1. The monoisotopic (exact) mass is 313 g/mol. The minimum atomic E-state index is -0.0738. The van der Waals surface area contributed by atoms with E-state index in [-0.39, 0.29) is 11.2 Å². The van der Waals surface area contributed by atoms with Crippen LogP contribution in [0.4, 0.5) is 0 Å². The first-order chi connectivity index (χ1) is 9.60. The summed E-state index contributed by atoms with van der Waals surface area (Å²) >= 11 is 7.44. The molecule has 1 atom stereocenters. The van der Waals surface area contributed by atoms with Crippen molar-refractivity contribution in [3.63, 3.8) is 0 Å². The lowest BCUT2D eigenvalue weighted by atomic mass is 10.1. The first-order valence-electron chi connectivity index (χ1n) is 6.84. The smallest absolute Gasteiger partial charge is 0.235 e. The zero-order valence-corrected chi connectivity index (χ0v) is 13.4. The molecule has 0 saturated carbocycles. The maximum absolute atomic E-state index is 12.4. The fourth-order valence-electron chi connectivity index (χ4n) is 2.34. The molecule has 0 bridgehead atoms. The van der Waals surface area contributed by atoms with Crippen LogP contribution in [0, 0.1) is 0 Å². The van der Waals surface area contributed by atoms with Gasteiger partial charge in [-0.1, -0.05) is 11.6 Å². The predicted octanol–water partition coefficient (Wildman–Crippen LogP) is 3.46. The van der Waals surface area contributed by atoms with Gasteiger partial charge in [-0.05, 0) is 44.0 Å². The second-order valence-electron chi connectivity index (χ2n) is 4.97. The number of carbonyl (C=O) groups excluding carboxylic acids is 1. The topological polar surface area (TPSA) is 29.5 Å². The fraction of sp³-hybridized carbons (Fsp3) is 0.533. The van der Waals surface area contributed by atoms with E-state index in [9.17, 15) is 4.79 Å². The number of likely N-dealkylation sites (tertiary alicyclic amines) is 1. The lowest BCUT2D eigenvalue weighted by Gasteiger charge is -2.32. The van der Waals surface area contributed by atoms with Gasteiger partial charge in [0.2, 0.25) is 5.91 Å². The molecule has 20 heavy (non-hydrogen) atoms. The van der Waals surface area contributed by atoms with Gasteiger partial charge in [-0.25, -0.2) is 0 Å². The number of ether oxygens (including phenoxy) is 1. The molecule has 1 unspecified atom stereocenters. The van der Waals surface area contributed by atoms with Crippen LogP contribution in [0.2, 0.25) is 5.02 Å². The summed E-state index contributed by atoms with van der Waals surface area (Å²) in [7, 11) is 1.74. The molecule has 0 N–H and O–H groups in total. The number of hydrogen-bond donors (Lipinski definition) is 0. The number of benzene rings is 1. The second kappa shape index (κ2) is 7.34. The Kier molecular flexibility index (Phi) is 5.75. The average Bonchev–Trinajstić information content (AvgIpc) is 2.49. The maximum atomic E-state index is 12.4. The number of rotatable bonds is 4. The van der Waals surface area contributed by atoms with Crippen molar-refractivity contribution in [3.05, 3.63) is 29.3 Å². The van der Waals surface area contributed by atoms with Gasteiger partial charge >= 0.3 is 0 Å². The van der Waals surface area contributed by atoms with Gasteiger partial charge in [0.1, 0.15) is 0 Å². The number of hydrogen-bond acceptors (Lipinski definition) is 3. The lowest BCUT2D eigenvalue weighted by molar-refractivity contribution is -0.132. The van der Waals surface area contributed by atoms with Crippen molar-refractivity contribution < 1.29 is 9.53 Å². The third-order valence-corrected chi connectivity index (χ3v) is 4.91. The van der Waals surface area contributed by atoms with E-state index in [0.717, 1.165) is 35.8 Å². The van der Waals surface area contributed by atoms with Crippen LogP contribution in [0.5, 0.6) is 0 Å².